The lowest BCUT2D eigenvalue weighted by molar-refractivity contribution is -0.146. The van der Waals surface area contributed by atoms with E-state index < -0.39 is 40.2 Å². The number of hydrogen-bond donors (Lipinski definition) is 0. The van der Waals surface area contributed by atoms with Gasteiger partial charge in [-0.1, -0.05) is 6.07 Å². The highest BCUT2D eigenvalue weighted by Gasteiger charge is 2.36. The molecule has 0 spiro atoms. The van der Waals surface area contributed by atoms with Crippen molar-refractivity contribution in [2.45, 2.75) is 12.7 Å². The van der Waals surface area contributed by atoms with Gasteiger partial charge in [0.15, 0.2) is 23.3 Å². The van der Waals surface area contributed by atoms with Gasteiger partial charge in [0.25, 0.3) is 0 Å². The van der Waals surface area contributed by atoms with Crippen LogP contribution in [0.1, 0.15) is 11.8 Å². The maximum absolute atomic E-state index is 14.7. The zero-order valence-electron chi connectivity index (χ0n) is 14.1. The van der Waals surface area contributed by atoms with E-state index in [1.54, 1.807) is 13.0 Å². The number of thiophene rings is 1. The fourth-order valence-electron chi connectivity index (χ4n) is 2.99. The second-order valence-corrected chi connectivity index (χ2v) is 7.14. The van der Waals surface area contributed by atoms with Crippen LogP contribution in [0, 0.1) is 23.3 Å². The van der Waals surface area contributed by atoms with E-state index in [-0.39, 0.29) is 10.4 Å². The highest BCUT2D eigenvalue weighted by molar-refractivity contribution is 7.15. The average Bonchev–Trinajstić information content (AvgIpc) is 3.32. The Morgan fingerprint density at radius 3 is 2.15 bits per heavy atom. The molecule has 1 saturated heterocycles. The quantitative estimate of drug-likeness (QED) is 0.448. The van der Waals surface area contributed by atoms with Crippen molar-refractivity contribution in [2.75, 3.05) is 13.2 Å². The lowest BCUT2D eigenvalue weighted by Gasteiger charge is -2.20. The maximum atomic E-state index is 14.7. The van der Waals surface area contributed by atoms with Crippen LogP contribution in [0.3, 0.4) is 0 Å². The first-order chi connectivity index (χ1) is 12.9. The van der Waals surface area contributed by atoms with E-state index in [2.05, 4.69) is 4.98 Å². The Labute approximate surface area is 156 Å². The third kappa shape index (κ3) is 2.93. The van der Waals surface area contributed by atoms with Crippen molar-refractivity contribution < 1.29 is 27.0 Å². The standard InChI is InChI=1S/C19H13F4NO2S/c1-19(25-7-8-26-19)12-5-4-11(27-12)14-17(22)15(20)13(16(21)18(14)23)10-3-2-6-24-9-10/h2-6,9H,7-8H2,1H3. The fraction of sp³-hybridized carbons (Fsp3) is 0.211. The van der Waals surface area contributed by atoms with Gasteiger partial charge in [0, 0.05) is 22.8 Å². The molecule has 1 fully saturated rings. The van der Waals surface area contributed by atoms with Gasteiger partial charge in [-0.3, -0.25) is 4.98 Å². The topological polar surface area (TPSA) is 31.4 Å². The summed E-state index contributed by atoms with van der Waals surface area (Å²) in [6, 6.07) is 5.70. The summed E-state index contributed by atoms with van der Waals surface area (Å²) in [7, 11) is 0. The van der Waals surface area contributed by atoms with Gasteiger partial charge in [-0.2, -0.15) is 0 Å². The minimum atomic E-state index is -1.47. The van der Waals surface area contributed by atoms with Gasteiger partial charge >= 0.3 is 0 Å². The van der Waals surface area contributed by atoms with Gasteiger partial charge in [0.05, 0.1) is 29.2 Å². The Morgan fingerprint density at radius 2 is 1.56 bits per heavy atom. The summed E-state index contributed by atoms with van der Waals surface area (Å²) in [5.41, 5.74) is -1.59. The van der Waals surface area contributed by atoms with Gasteiger partial charge in [0.1, 0.15) is 0 Å². The van der Waals surface area contributed by atoms with Crippen LogP contribution in [0.5, 0.6) is 0 Å². The molecule has 0 saturated carbocycles. The fourth-order valence-corrected chi connectivity index (χ4v) is 4.08. The van der Waals surface area contributed by atoms with Crippen LogP contribution >= 0.6 is 11.3 Å². The lowest BCUT2D eigenvalue weighted by atomic mass is 10.0. The molecule has 2 aromatic heterocycles. The Balaban J connectivity index is 1.85. The third-order valence-electron chi connectivity index (χ3n) is 4.35. The van der Waals surface area contributed by atoms with E-state index in [9.17, 15) is 17.6 Å². The van der Waals surface area contributed by atoms with Crippen molar-refractivity contribution >= 4 is 11.3 Å². The number of nitrogens with zero attached hydrogens (tertiary/aromatic N) is 1. The highest BCUT2D eigenvalue weighted by Crippen LogP contribution is 2.42. The SMILES string of the molecule is CC1(c2ccc(-c3c(F)c(F)c(-c4cccnc4)c(F)c3F)s2)OCCO1. The Bertz CT molecular complexity index is 971. The number of hydrogen-bond acceptors (Lipinski definition) is 4. The first-order valence-electron chi connectivity index (χ1n) is 8.07. The van der Waals surface area contributed by atoms with E-state index >= 15 is 0 Å². The van der Waals surface area contributed by atoms with E-state index in [0.29, 0.717) is 18.1 Å². The molecule has 0 radical (unpaired) electrons. The normalized spacial score (nSPS) is 16.0. The molecule has 0 atom stereocenters. The average molecular weight is 395 g/mol. The van der Waals surface area contributed by atoms with Crippen molar-refractivity contribution in [2.24, 2.45) is 0 Å². The molecular formula is C19H13F4NO2S. The zero-order valence-corrected chi connectivity index (χ0v) is 14.9. The van der Waals surface area contributed by atoms with Crippen LogP contribution in [0.15, 0.2) is 36.7 Å². The van der Waals surface area contributed by atoms with Gasteiger partial charge < -0.3 is 9.47 Å². The maximum Gasteiger partial charge on any atom is 0.201 e. The smallest absolute Gasteiger partial charge is 0.201 e. The molecule has 140 valence electrons. The first kappa shape index (κ1) is 18.1. The predicted octanol–water partition coefficient (Wildman–Crippen LogP) is 5.25. The summed E-state index contributed by atoms with van der Waals surface area (Å²) in [5, 5.41) is 0. The molecule has 1 aliphatic heterocycles. The Hall–Kier alpha value is -2.29. The van der Waals surface area contributed by atoms with Crippen molar-refractivity contribution in [3.05, 3.63) is 64.8 Å². The summed E-state index contributed by atoms with van der Waals surface area (Å²) in [4.78, 5) is 4.32. The van der Waals surface area contributed by atoms with Gasteiger partial charge in [-0.15, -0.1) is 11.3 Å². The monoisotopic (exact) mass is 395 g/mol. The molecule has 0 amide bonds. The summed E-state index contributed by atoms with van der Waals surface area (Å²) in [6.07, 6.45) is 2.53. The zero-order chi connectivity index (χ0) is 19.2. The summed E-state index contributed by atoms with van der Waals surface area (Å²) >= 11 is 0.954. The molecule has 3 heterocycles. The number of benzene rings is 1. The molecule has 1 aromatic carbocycles. The second-order valence-electron chi connectivity index (χ2n) is 6.05. The van der Waals surface area contributed by atoms with Crippen LogP contribution in [0.25, 0.3) is 21.6 Å². The summed E-state index contributed by atoms with van der Waals surface area (Å²) in [6.45, 7) is 2.44. The molecule has 3 aromatic rings. The number of rotatable bonds is 3. The molecule has 0 aliphatic carbocycles. The van der Waals surface area contributed by atoms with Crippen LogP contribution in [-0.2, 0) is 15.3 Å². The van der Waals surface area contributed by atoms with Crippen LogP contribution in [0.2, 0.25) is 0 Å². The molecular weight excluding hydrogens is 382 g/mol. The molecule has 4 rings (SSSR count). The largest absolute Gasteiger partial charge is 0.343 e. The van der Waals surface area contributed by atoms with E-state index in [1.807, 2.05) is 0 Å². The lowest BCUT2D eigenvalue weighted by Crippen LogP contribution is -2.20. The van der Waals surface area contributed by atoms with Crippen LogP contribution in [0.4, 0.5) is 17.6 Å². The van der Waals surface area contributed by atoms with Crippen molar-refractivity contribution in [3.63, 3.8) is 0 Å². The predicted molar refractivity (Wildman–Crippen MR) is 92.1 cm³/mol. The van der Waals surface area contributed by atoms with Gasteiger partial charge in [0.2, 0.25) is 5.79 Å². The first-order valence-corrected chi connectivity index (χ1v) is 8.89. The minimum absolute atomic E-state index is 0.0378. The summed E-state index contributed by atoms with van der Waals surface area (Å²) in [5.74, 6) is -6.89. The Morgan fingerprint density at radius 1 is 0.926 bits per heavy atom. The third-order valence-corrected chi connectivity index (χ3v) is 5.64. The number of pyridine rings is 1. The van der Waals surface area contributed by atoms with Crippen LogP contribution < -0.4 is 0 Å². The molecule has 3 nitrogen and oxygen atoms in total. The molecule has 1 aliphatic rings. The van der Waals surface area contributed by atoms with Crippen molar-refractivity contribution in [1.82, 2.24) is 4.98 Å². The van der Waals surface area contributed by atoms with E-state index in [1.165, 1.54) is 24.4 Å². The highest BCUT2D eigenvalue weighted by atomic mass is 32.1. The molecule has 27 heavy (non-hydrogen) atoms. The molecule has 0 N–H and O–H groups in total. The second kappa shape index (κ2) is 6.70. The Kier molecular flexibility index (Phi) is 4.49. The van der Waals surface area contributed by atoms with E-state index in [4.69, 9.17) is 9.47 Å². The molecule has 8 heteroatoms. The number of halogens is 4. The van der Waals surface area contributed by atoms with Gasteiger partial charge in [-0.05, 0) is 25.1 Å². The summed E-state index contributed by atoms with van der Waals surface area (Å²) < 4.78 is 69.6. The minimum Gasteiger partial charge on any atom is -0.343 e. The van der Waals surface area contributed by atoms with Crippen LogP contribution in [-0.4, -0.2) is 18.2 Å². The van der Waals surface area contributed by atoms with E-state index in [0.717, 1.165) is 17.5 Å². The molecule has 0 unspecified atom stereocenters. The number of aromatic nitrogens is 1. The van der Waals surface area contributed by atoms with Crippen molar-refractivity contribution in [1.29, 1.82) is 0 Å². The molecule has 0 bridgehead atoms. The number of ether oxygens (including phenoxy) is 2. The van der Waals surface area contributed by atoms with Gasteiger partial charge in [-0.25, -0.2) is 17.6 Å². The van der Waals surface area contributed by atoms with Crippen molar-refractivity contribution in [3.8, 4) is 21.6 Å².